The number of rotatable bonds is 4. The van der Waals surface area contributed by atoms with Crippen LogP contribution in [0.25, 0.3) is 77.6 Å². The van der Waals surface area contributed by atoms with Crippen LogP contribution in [0.3, 0.4) is 0 Å². The maximum absolute atomic E-state index is 2.46. The molecule has 0 saturated heterocycles. The fourth-order valence-corrected chi connectivity index (χ4v) is 8.56. The van der Waals surface area contributed by atoms with Crippen molar-refractivity contribution in [2.75, 3.05) is 0 Å². The maximum atomic E-state index is 2.46. The first-order valence-electron chi connectivity index (χ1n) is 17.1. The first-order chi connectivity index (χ1) is 24.1. The Bertz CT molecular complexity index is 2630. The molecule has 1 aliphatic carbocycles. The fourth-order valence-electron chi connectivity index (χ4n) is 8.56. The quantitative estimate of drug-likeness (QED) is 0.184. The minimum Gasteiger partial charge on any atom is -0.309 e. The summed E-state index contributed by atoms with van der Waals surface area (Å²) in [6, 6.07) is 62.2. The molecule has 7 aromatic carbocycles. The highest BCUT2D eigenvalue weighted by Gasteiger charge is 2.37. The van der Waals surface area contributed by atoms with Crippen molar-refractivity contribution in [3.63, 3.8) is 0 Å². The minimum atomic E-state index is -0.0842. The molecule has 9 aromatic rings. The number of nitrogens with zero attached hydrogens (tertiary/aromatic N) is 2. The third-order valence-corrected chi connectivity index (χ3v) is 10.7. The van der Waals surface area contributed by atoms with Crippen molar-refractivity contribution in [1.82, 2.24) is 9.13 Å². The summed E-state index contributed by atoms with van der Waals surface area (Å²) in [6.45, 7) is 4.74. The Hall–Kier alpha value is -6.12. The highest BCUT2D eigenvalue weighted by atomic mass is 15.0. The van der Waals surface area contributed by atoms with E-state index in [4.69, 9.17) is 0 Å². The van der Waals surface area contributed by atoms with Crippen molar-refractivity contribution in [3.8, 4) is 44.9 Å². The average molecular weight is 627 g/mol. The zero-order valence-corrected chi connectivity index (χ0v) is 27.6. The standard InChI is InChI=1S/C47H34N2/c1-47(2)38-24-14-12-22-35(38)44-39(47)27-29-42-45(44)37-30-32(26-28-41(37)48(42)33-18-8-4-9-19-33)46-43(31-16-6-3-7-17-31)36-23-13-15-25-40(36)49(46)34-20-10-5-11-21-34/h3-30H,1-2H3. The molecule has 2 aromatic heterocycles. The molecule has 0 bridgehead atoms. The number of aromatic nitrogens is 2. The van der Waals surface area contributed by atoms with Crippen molar-refractivity contribution in [1.29, 1.82) is 0 Å². The third-order valence-electron chi connectivity index (χ3n) is 10.7. The normalized spacial score (nSPS) is 13.3. The monoisotopic (exact) mass is 626 g/mol. The van der Waals surface area contributed by atoms with Crippen LogP contribution < -0.4 is 0 Å². The molecule has 232 valence electrons. The largest absolute Gasteiger partial charge is 0.309 e. The van der Waals surface area contributed by atoms with Gasteiger partial charge in [-0.25, -0.2) is 0 Å². The molecule has 0 fully saturated rings. The van der Waals surface area contributed by atoms with E-state index in [1.54, 1.807) is 0 Å². The molecule has 0 unspecified atom stereocenters. The lowest BCUT2D eigenvalue weighted by molar-refractivity contribution is 0.661. The second-order valence-electron chi connectivity index (χ2n) is 13.7. The van der Waals surface area contributed by atoms with Crippen molar-refractivity contribution in [2.24, 2.45) is 0 Å². The van der Waals surface area contributed by atoms with Gasteiger partial charge in [-0.05, 0) is 81.9 Å². The van der Waals surface area contributed by atoms with Crippen LogP contribution in [0.1, 0.15) is 25.0 Å². The van der Waals surface area contributed by atoms with E-state index in [2.05, 4.69) is 193 Å². The Kier molecular flexibility index (Phi) is 5.95. The predicted molar refractivity (Wildman–Crippen MR) is 206 cm³/mol. The van der Waals surface area contributed by atoms with Gasteiger partial charge in [-0.15, -0.1) is 0 Å². The lowest BCUT2D eigenvalue weighted by Gasteiger charge is -2.21. The van der Waals surface area contributed by atoms with E-state index >= 15 is 0 Å². The first kappa shape index (κ1) is 27.9. The number of para-hydroxylation sites is 3. The smallest absolute Gasteiger partial charge is 0.0619 e. The number of benzene rings is 7. The topological polar surface area (TPSA) is 9.86 Å². The van der Waals surface area contributed by atoms with Gasteiger partial charge >= 0.3 is 0 Å². The van der Waals surface area contributed by atoms with Crippen molar-refractivity contribution in [2.45, 2.75) is 19.3 Å². The molecule has 2 heterocycles. The molecule has 0 aliphatic heterocycles. The van der Waals surface area contributed by atoms with Crippen LogP contribution in [-0.2, 0) is 5.41 Å². The Morgan fingerprint density at radius 2 is 1.00 bits per heavy atom. The summed E-state index contributed by atoms with van der Waals surface area (Å²) in [5, 5.41) is 3.83. The van der Waals surface area contributed by atoms with E-state index in [-0.39, 0.29) is 5.41 Å². The van der Waals surface area contributed by atoms with Gasteiger partial charge in [0.05, 0.1) is 22.2 Å². The number of hydrogen-bond acceptors (Lipinski definition) is 0. The number of fused-ring (bicyclic) bond motifs is 8. The number of hydrogen-bond donors (Lipinski definition) is 0. The van der Waals surface area contributed by atoms with Crippen LogP contribution in [-0.4, -0.2) is 9.13 Å². The fraction of sp³-hybridized carbons (Fsp3) is 0.0638. The lowest BCUT2D eigenvalue weighted by Crippen LogP contribution is -2.14. The second-order valence-corrected chi connectivity index (χ2v) is 13.7. The van der Waals surface area contributed by atoms with E-state index in [9.17, 15) is 0 Å². The molecule has 2 heteroatoms. The molecular formula is C47H34N2. The van der Waals surface area contributed by atoms with Crippen LogP contribution >= 0.6 is 0 Å². The summed E-state index contributed by atoms with van der Waals surface area (Å²) in [4.78, 5) is 0. The van der Waals surface area contributed by atoms with Gasteiger partial charge in [0.15, 0.2) is 0 Å². The highest BCUT2D eigenvalue weighted by molar-refractivity contribution is 6.19. The van der Waals surface area contributed by atoms with Crippen LogP contribution in [0.4, 0.5) is 0 Å². The van der Waals surface area contributed by atoms with Gasteiger partial charge in [0.1, 0.15) is 0 Å². The molecule has 0 N–H and O–H groups in total. The second kappa shape index (κ2) is 10.4. The average Bonchev–Trinajstić information content (AvgIpc) is 3.76. The molecule has 0 atom stereocenters. The SMILES string of the molecule is CC1(C)c2ccccc2-c2c1ccc1c2c2cc(-c3c(-c4ccccc4)c4ccccc4n3-c3ccccc3)ccc2n1-c1ccccc1. The molecule has 0 saturated carbocycles. The van der Waals surface area contributed by atoms with Crippen molar-refractivity contribution in [3.05, 3.63) is 181 Å². The van der Waals surface area contributed by atoms with Gasteiger partial charge in [0, 0.05) is 38.5 Å². The molecule has 2 nitrogen and oxygen atoms in total. The molecule has 0 spiro atoms. The van der Waals surface area contributed by atoms with Crippen LogP contribution in [0.5, 0.6) is 0 Å². The van der Waals surface area contributed by atoms with Gasteiger partial charge in [0.2, 0.25) is 0 Å². The Morgan fingerprint density at radius 3 is 1.76 bits per heavy atom. The molecule has 0 amide bonds. The molecule has 49 heavy (non-hydrogen) atoms. The minimum absolute atomic E-state index is 0.0842. The summed E-state index contributed by atoms with van der Waals surface area (Å²) in [7, 11) is 0. The van der Waals surface area contributed by atoms with Crippen LogP contribution in [0, 0.1) is 0 Å². The summed E-state index contributed by atoms with van der Waals surface area (Å²) >= 11 is 0. The molecule has 0 radical (unpaired) electrons. The summed E-state index contributed by atoms with van der Waals surface area (Å²) in [5.41, 5.74) is 16.2. The van der Waals surface area contributed by atoms with Gasteiger partial charge in [-0.3, -0.25) is 0 Å². The Morgan fingerprint density at radius 1 is 0.408 bits per heavy atom. The van der Waals surface area contributed by atoms with Crippen molar-refractivity contribution < 1.29 is 0 Å². The lowest BCUT2D eigenvalue weighted by atomic mass is 9.82. The van der Waals surface area contributed by atoms with E-state index in [0.29, 0.717) is 0 Å². The predicted octanol–water partition coefficient (Wildman–Crippen LogP) is 12.4. The zero-order chi connectivity index (χ0) is 32.7. The molecule has 10 rings (SSSR count). The van der Waals surface area contributed by atoms with E-state index in [1.807, 2.05) is 0 Å². The van der Waals surface area contributed by atoms with E-state index < -0.39 is 0 Å². The molecular weight excluding hydrogens is 593 g/mol. The molecule has 1 aliphatic rings. The van der Waals surface area contributed by atoms with E-state index in [1.165, 1.54) is 83.0 Å². The summed E-state index contributed by atoms with van der Waals surface area (Å²) < 4.78 is 4.91. The van der Waals surface area contributed by atoms with Gasteiger partial charge in [0.25, 0.3) is 0 Å². The summed E-state index contributed by atoms with van der Waals surface area (Å²) in [6.07, 6.45) is 0. The maximum Gasteiger partial charge on any atom is 0.0619 e. The Labute approximate surface area is 286 Å². The van der Waals surface area contributed by atoms with Crippen LogP contribution in [0.2, 0.25) is 0 Å². The van der Waals surface area contributed by atoms with Gasteiger partial charge in [-0.1, -0.05) is 135 Å². The van der Waals surface area contributed by atoms with Crippen LogP contribution in [0.15, 0.2) is 170 Å². The summed E-state index contributed by atoms with van der Waals surface area (Å²) in [5.74, 6) is 0. The van der Waals surface area contributed by atoms with E-state index in [0.717, 1.165) is 5.69 Å². The van der Waals surface area contributed by atoms with Gasteiger partial charge < -0.3 is 9.13 Å². The first-order valence-corrected chi connectivity index (χ1v) is 17.1. The Balaban J connectivity index is 1.37. The highest BCUT2D eigenvalue weighted by Crippen LogP contribution is 2.53. The van der Waals surface area contributed by atoms with Gasteiger partial charge in [-0.2, -0.15) is 0 Å². The zero-order valence-electron chi connectivity index (χ0n) is 27.6. The third kappa shape index (κ3) is 3.95. The van der Waals surface area contributed by atoms with Crippen molar-refractivity contribution >= 4 is 32.7 Å².